The molecule has 2 aliphatic rings. The fourth-order valence-corrected chi connectivity index (χ4v) is 4.48. The number of fused-ring (bicyclic) bond motifs is 1. The SMILES string of the molecule is Cc1ccccc1C(=O)N1CCc2nc(N3CCCCC3)nc(Oc3ccccc3F)c2C1. The minimum atomic E-state index is -0.451. The molecule has 0 atom stereocenters. The van der Waals surface area contributed by atoms with Crippen LogP contribution in [-0.4, -0.2) is 40.4 Å². The second kappa shape index (κ2) is 9.17. The lowest BCUT2D eigenvalue weighted by Gasteiger charge is -2.32. The van der Waals surface area contributed by atoms with E-state index in [4.69, 9.17) is 14.7 Å². The summed E-state index contributed by atoms with van der Waals surface area (Å²) in [5.41, 5.74) is 3.23. The van der Waals surface area contributed by atoms with Crippen LogP contribution < -0.4 is 9.64 Å². The lowest BCUT2D eigenvalue weighted by molar-refractivity contribution is 0.0731. The minimum absolute atomic E-state index is 0.0318. The Labute approximate surface area is 193 Å². The smallest absolute Gasteiger partial charge is 0.254 e. The molecule has 33 heavy (non-hydrogen) atoms. The third-order valence-electron chi connectivity index (χ3n) is 6.36. The maximum atomic E-state index is 14.4. The molecule has 0 radical (unpaired) electrons. The third-order valence-corrected chi connectivity index (χ3v) is 6.36. The van der Waals surface area contributed by atoms with E-state index in [-0.39, 0.29) is 11.7 Å². The van der Waals surface area contributed by atoms with Crippen LogP contribution in [0.25, 0.3) is 0 Å². The molecule has 0 unspecified atom stereocenters. The predicted molar refractivity (Wildman–Crippen MR) is 124 cm³/mol. The maximum Gasteiger partial charge on any atom is 0.254 e. The molecule has 1 amide bonds. The topological polar surface area (TPSA) is 58.6 Å². The summed E-state index contributed by atoms with van der Waals surface area (Å²) in [6.07, 6.45) is 4.01. The average Bonchev–Trinajstić information content (AvgIpc) is 2.85. The maximum absolute atomic E-state index is 14.4. The van der Waals surface area contributed by atoms with Crippen LogP contribution in [-0.2, 0) is 13.0 Å². The van der Waals surface area contributed by atoms with E-state index in [0.29, 0.717) is 36.9 Å². The van der Waals surface area contributed by atoms with Gasteiger partial charge in [0, 0.05) is 31.6 Å². The summed E-state index contributed by atoms with van der Waals surface area (Å²) in [6.45, 7) is 4.62. The van der Waals surface area contributed by atoms with Crippen LogP contribution in [0.4, 0.5) is 10.3 Å². The number of rotatable bonds is 4. The van der Waals surface area contributed by atoms with Crippen molar-refractivity contribution in [3.8, 4) is 11.6 Å². The van der Waals surface area contributed by atoms with Gasteiger partial charge >= 0.3 is 0 Å². The van der Waals surface area contributed by atoms with Crippen LogP contribution in [0.15, 0.2) is 48.5 Å². The standard InChI is InChI=1S/C26H27FN4O2/c1-18-9-3-4-10-19(18)25(32)31-16-13-22-20(17-31)24(33-23-12-6-5-11-21(23)27)29-26(28-22)30-14-7-2-8-15-30/h3-6,9-12H,2,7-8,13-17H2,1H3. The second-order valence-electron chi connectivity index (χ2n) is 8.63. The van der Waals surface area contributed by atoms with Crippen molar-refractivity contribution in [3.05, 3.63) is 76.7 Å². The van der Waals surface area contributed by atoms with Gasteiger partial charge in [-0.25, -0.2) is 9.37 Å². The number of hydrogen-bond acceptors (Lipinski definition) is 5. The fourth-order valence-electron chi connectivity index (χ4n) is 4.48. The van der Waals surface area contributed by atoms with Gasteiger partial charge in [0.2, 0.25) is 11.8 Å². The second-order valence-corrected chi connectivity index (χ2v) is 8.63. The van der Waals surface area contributed by atoms with E-state index >= 15 is 0 Å². The zero-order valence-corrected chi connectivity index (χ0v) is 18.8. The van der Waals surface area contributed by atoms with Crippen molar-refractivity contribution in [2.24, 2.45) is 0 Å². The van der Waals surface area contributed by atoms with Gasteiger partial charge in [0.25, 0.3) is 5.91 Å². The summed E-state index contributed by atoms with van der Waals surface area (Å²) in [4.78, 5) is 26.8. The third kappa shape index (κ3) is 4.40. The molecule has 7 heteroatoms. The predicted octanol–water partition coefficient (Wildman–Crippen LogP) is 4.91. The van der Waals surface area contributed by atoms with Crippen molar-refractivity contribution in [3.63, 3.8) is 0 Å². The Hall–Kier alpha value is -3.48. The number of benzene rings is 2. The summed E-state index contributed by atoms with van der Waals surface area (Å²) < 4.78 is 20.4. The van der Waals surface area contributed by atoms with E-state index in [2.05, 4.69) is 4.90 Å². The van der Waals surface area contributed by atoms with E-state index in [1.165, 1.54) is 12.5 Å². The van der Waals surface area contributed by atoms with Crippen LogP contribution in [0.2, 0.25) is 0 Å². The highest BCUT2D eigenvalue weighted by Gasteiger charge is 2.29. The molecule has 170 valence electrons. The Bertz CT molecular complexity index is 1180. The van der Waals surface area contributed by atoms with Gasteiger partial charge in [0.05, 0.1) is 17.8 Å². The number of para-hydroxylation sites is 1. The Kier molecular flexibility index (Phi) is 5.94. The molecule has 2 aliphatic heterocycles. The van der Waals surface area contributed by atoms with Gasteiger partial charge in [-0.3, -0.25) is 4.79 Å². The van der Waals surface area contributed by atoms with Crippen LogP contribution in [0.3, 0.4) is 0 Å². The Morgan fingerprint density at radius 1 is 0.970 bits per heavy atom. The van der Waals surface area contributed by atoms with Gasteiger partial charge in [-0.2, -0.15) is 4.98 Å². The summed E-state index contributed by atoms with van der Waals surface area (Å²) in [6, 6.07) is 13.9. The highest BCUT2D eigenvalue weighted by Crippen LogP contribution is 2.33. The van der Waals surface area contributed by atoms with Gasteiger partial charge in [0.1, 0.15) is 0 Å². The number of amides is 1. The van der Waals surface area contributed by atoms with E-state index in [9.17, 15) is 9.18 Å². The van der Waals surface area contributed by atoms with E-state index in [0.717, 1.165) is 42.8 Å². The normalized spacial score (nSPS) is 15.8. The number of carbonyl (C=O) groups is 1. The largest absolute Gasteiger partial charge is 0.435 e. The first-order chi connectivity index (χ1) is 16.1. The molecule has 0 spiro atoms. The number of anilines is 1. The quantitative estimate of drug-likeness (QED) is 0.570. The number of aromatic nitrogens is 2. The number of piperidine rings is 1. The zero-order valence-electron chi connectivity index (χ0n) is 18.8. The Balaban J connectivity index is 1.50. The molecule has 0 N–H and O–H groups in total. The Morgan fingerprint density at radius 2 is 1.73 bits per heavy atom. The summed E-state index contributed by atoms with van der Waals surface area (Å²) >= 11 is 0. The van der Waals surface area contributed by atoms with E-state index in [1.54, 1.807) is 23.1 Å². The molecule has 3 aromatic rings. The van der Waals surface area contributed by atoms with Gasteiger partial charge in [0.15, 0.2) is 11.6 Å². The van der Waals surface area contributed by atoms with Crippen LogP contribution in [0, 0.1) is 12.7 Å². The van der Waals surface area contributed by atoms with E-state index in [1.807, 2.05) is 31.2 Å². The molecular weight excluding hydrogens is 419 g/mol. The van der Waals surface area contributed by atoms with Crippen molar-refractivity contribution in [2.75, 3.05) is 24.5 Å². The van der Waals surface area contributed by atoms with Gasteiger partial charge < -0.3 is 14.5 Å². The first-order valence-electron chi connectivity index (χ1n) is 11.5. The number of aryl methyl sites for hydroxylation is 1. The van der Waals surface area contributed by atoms with Gasteiger partial charge in [-0.05, 0) is 49.9 Å². The number of ether oxygens (including phenoxy) is 1. The molecule has 2 aromatic carbocycles. The molecule has 5 rings (SSSR count). The van der Waals surface area contributed by atoms with Crippen molar-refractivity contribution < 1.29 is 13.9 Å². The van der Waals surface area contributed by atoms with Crippen molar-refractivity contribution in [1.82, 2.24) is 14.9 Å². The molecular formula is C26H27FN4O2. The first kappa shape index (κ1) is 21.4. The lowest BCUT2D eigenvalue weighted by Crippen LogP contribution is -2.38. The highest BCUT2D eigenvalue weighted by atomic mass is 19.1. The van der Waals surface area contributed by atoms with Crippen LogP contribution in [0.5, 0.6) is 11.6 Å². The summed E-state index contributed by atoms with van der Waals surface area (Å²) in [7, 11) is 0. The zero-order chi connectivity index (χ0) is 22.8. The number of carbonyl (C=O) groups excluding carboxylic acids is 1. The average molecular weight is 447 g/mol. The number of halogens is 1. The van der Waals surface area contributed by atoms with Gasteiger partial charge in [-0.15, -0.1) is 0 Å². The molecule has 0 saturated carbocycles. The van der Waals surface area contributed by atoms with Crippen molar-refractivity contribution in [1.29, 1.82) is 0 Å². The summed E-state index contributed by atoms with van der Waals surface area (Å²) in [5.74, 6) is 0.584. The van der Waals surface area contributed by atoms with Crippen LogP contribution in [0.1, 0.15) is 46.4 Å². The fraction of sp³-hybridized carbons (Fsp3) is 0.346. The number of nitrogens with zero attached hydrogens (tertiary/aromatic N) is 4. The molecule has 1 fully saturated rings. The molecule has 6 nitrogen and oxygen atoms in total. The van der Waals surface area contributed by atoms with Crippen LogP contribution >= 0.6 is 0 Å². The van der Waals surface area contributed by atoms with Crippen molar-refractivity contribution >= 4 is 11.9 Å². The lowest BCUT2D eigenvalue weighted by atomic mass is 10.0. The minimum Gasteiger partial charge on any atom is -0.435 e. The molecule has 1 saturated heterocycles. The van der Waals surface area contributed by atoms with Gasteiger partial charge in [-0.1, -0.05) is 30.3 Å². The first-order valence-corrected chi connectivity index (χ1v) is 11.5. The molecule has 1 aromatic heterocycles. The molecule has 0 bridgehead atoms. The molecule has 0 aliphatic carbocycles. The monoisotopic (exact) mass is 446 g/mol. The number of hydrogen-bond donors (Lipinski definition) is 0. The summed E-state index contributed by atoms with van der Waals surface area (Å²) in [5, 5.41) is 0. The van der Waals surface area contributed by atoms with Crippen molar-refractivity contribution in [2.45, 2.75) is 39.2 Å². The Morgan fingerprint density at radius 3 is 2.52 bits per heavy atom. The molecule has 3 heterocycles. The highest BCUT2D eigenvalue weighted by molar-refractivity contribution is 5.95. The van der Waals surface area contributed by atoms with E-state index < -0.39 is 5.82 Å².